The fraction of sp³-hybridized carbons (Fsp3) is 0.0714. The molecule has 5 nitrogen and oxygen atoms in total. The van der Waals surface area contributed by atoms with E-state index in [1.165, 1.54) is 23.5 Å². The number of nitrogens with zero attached hydrogens (tertiary/aromatic N) is 1. The van der Waals surface area contributed by atoms with Crippen LogP contribution in [0.1, 0.15) is 15.2 Å². The number of thiophene rings is 2. The zero-order chi connectivity index (χ0) is 15.0. The summed E-state index contributed by atoms with van der Waals surface area (Å²) < 4.78 is 0.660. The number of hydrogen-bond acceptors (Lipinski definition) is 6. The second-order valence-electron chi connectivity index (χ2n) is 4.40. The van der Waals surface area contributed by atoms with Crippen molar-refractivity contribution >= 4 is 44.2 Å². The first-order valence-electron chi connectivity index (χ1n) is 6.02. The number of nitro groups is 1. The van der Waals surface area contributed by atoms with E-state index in [1.54, 1.807) is 6.07 Å². The van der Waals surface area contributed by atoms with Gasteiger partial charge in [-0.15, -0.1) is 11.3 Å². The van der Waals surface area contributed by atoms with Crippen molar-refractivity contribution in [3.63, 3.8) is 0 Å². The summed E-state index contributed by atoms with van der Waals surface area (Å²) in [5, 5.41) is 23.1. The summed E-state index contributed by atoms with van der Waals surface area (Å²) in [7, 11) is 0. The van der Waals surface area contributed by atoms with Gasteiger partial charge in [0.15, 0.2) is 10.8 Å². The van der Waals surface area contributed by atoms with Gasteiger partial charge in [0.2, 0.25) is 0 Å². The van der Waals surface area contributed by atoms with E-state index in [0.29, 0.717) is 10.1 Å². The van der Waals surface area contributed by atoms with E-state index in [0.717, 1.165) is 16.2 Å². The van der Waals surface area contributed by atoms with E-state index < -0.39 is 4.92 Å². The molecule has 3 rings (SSSR count). The first-order valence-corrected chi connectivity index (χ1v) is 7.71. The van der Waals surface area contributed by atoms with Gasteiger partial charge in [-0.25, -0.2) is 0 Å². The molecule has 21 heavy (non-hydrogen) atoms. The molecule has 0 radical (unpaired) electrons. The second-order valence-corrected chi connectivity index (χ2v) is 6.46. The number of ketones is 1. The fourth-order valence-corrected chi connectivity index (χ4v) is 3.76. The van der Waals surface area contributed by atoms with Crippen molar-refractivity contribution in [2.24, 2.45) is 0 Å². The molecule has 0 fully saturated rings. The lowest BCUT2D eigenvalue weighted by Crippen LogP contribution is -2.01. The number of benzene rings is 1. The molecule has 0 amide bonds. The monoisotopic (exact) mass is 319 g/mol. The number of hydrogen-bond donors (Lipinski definition) is 1. The van der Waals surface area contributed by atoms with Crippen LogP contribution in [0.25, 0.3) is 10.1 Å². The zero-order valence-corrected chi connectivity index (χ0v) is 12.2. The van der Waals surface area contributed by atoms with Crippen LogP contribution in [-0.2, 0) is 6.42 Å². The number of rotatable bonds is 4. The van der Waals surface area contributed by atoms with E-state index in [4.69, 9.17) is 0 Å². The minimum Gasteiger partial charge on any atom is -0.499 e. The topological polar surface area (TPSA) is 80.4 Å². The molecule has 106 valence electrons. The number of nitro benzene ring substituents is 1. The molecule has 0 unspecified atom stereocenters. The van der Waals surface area contributed by atoms with Crippen LogP contribution in [0.3, 0.4) is 0 Å². The Hall–Kier alpha value is -2.25. The lowest BCUT2D eigenvalue weighted by atomic mass is 10.1. The summed E-state index contributed by atoms with van der Waals surface area (Å²) in [5.41, 5.74) is 0.0811. The Labute approximate surface area is 127 Å². The van der Waals surface area contributed by atoms with E-state index in [1.807, 2.05) is 17.5 Å². The average molecular weight is 319 g/mol. The maximum absolute atomic E-state index is 12.4. The molecule has 0 saturated heterocycles. The van der Waals surface area contributed by atoms with Gasteiger partial charge in [0.1, 0.15) is 0 Å². The smallest absolute Gasteiger partial charge is 0.270 e. The minimum atomic E-state index is -0.512. The van der Waals surface area contributed by atoms with Gasteiger partial charge >= 0.3 is 0 Å². The third kappa shape index (κ3) is 2.53. The molecule has 0 spiro atoms. The van der Waals surface area contributed by atoms with Gasteiger partial charge in [-0.3, -0.25) is 14.9 Å². The third-order valence-electron chi connectivity index (χ3n) is 3.06. The Balaban J connectivity index is 2.08. The van der Waals surface area contributed by atoms with Crippen LogP contribution in [-0.4, -0.2) is 15.8 Å². The number of non-ortho nitro benzene ring substituents is 1. The summed E-state index contributed by atoms with van der Waals surface area (Å²) in [5.74, 6) is -0.235. The van der Waals surface area contributed by atoms with Crippen molar-refractivity contribution in [2.45, 2.75) is 6.42 Å². The molecule has 2 heterocycles. The van der Waals surface area contributed by atoms with E-state index in [9.17, 15) is 20.0 Å². The molecule has 7 heteroatoms. The predicted molar refractivity (Wildman–Crippen MR) is 82.5 cm³/mol. The van der Waals surface area contributed by atoms with Crippen LogP contribution in [0.2, 0.25) is 0 Å². The van der Waals surface area contributed by atoms with Crippen molar-refractivity contribution in [2.75, 3.05) is 0 Å². The molecule has 3 aromatic rings. The van der Waals surface area contributed by atoms with Crippen molar-refractivity contribution < 1.29 is 14.8 Å². The first-order chi connectivity index (χ1) is 10.1. The van der Waals surface area contributed by atoms with Crippen molar-refractivity contribution in [1.29, 1.82) is 0 Å². The number of carbonyl (C=O) groups excluding carboxylic acids is 1. The normalized spacial score (nSPS) is 10.9. The Morgan fingerprint density at radius 3 is 2.81 bits per heavy atom. The van der Waals surface area contributed by atoms with Crippen LogP contribution < -0.4 is 0 Å². The number of fused-ring (bicyclic) bond motifs is 1. The minimum absolute atomic E-state index is 0.0907. The van der Waals surface area contributed by atoms with E-state index >= 15 is 0 Å². The Kier molecular flexibility index (Phi) is 3.44. The maximum atomic E-state index is 12.4. The highest BCUT2D eigenvalue weighted by atomic mass is 32.1. The van der Waals surface area contributed by atoms with Gasteiger partial charge in [0.25, 0.3) is 5.69 Å². The van der Waals surface area contributed by atoms with Crippen molar-refractivity contribution in [3.05, 3.63) is 56.3 Å². The molecular formula is C14H9NO4S2. The molecular weight excluding hydrogens is 310 g/mol. The molecule has 1 N–H and O–H groups in total. The summed E-state index contributed by atoms with van der Waals surface area (Å²) in [6.07, 6.45) is 0.180. The van der Waals surface area contributed by atoms with Crippen molar-refractivity contribution in [3.8, 4) is 5.06 Å². The fourth-order valence-electron chi connectivity index (χ4n) is 2.12. The second kappa shape index (κ2) is 5.27. The first kappa shape index (κ1) is 13.7. The number of carbonyl (C=O) groups is 1. The lowest BCUT2D eigenvalue weighted by molar-refractivity contribution is -0.384. The highest BCUT2D eigenvalue weighted by Gasteiger charge is 2.21. The molecule has 2 aromatic heterocycles. The summed E-state index contributed by atoms with van der Waals surface area (Å²) in [4.78, 5) is 23.6. The van der Waals surface area contributed by atoms with Gasteiger partial charge in [-0.2, -0.15) is 0 Å². The van der Waals surface area contributed by atoms with E-state index in [2.05, 4.69) is 0 Å². The molecule has 0 aliphatic carbocycles. The molecule has 0 aliphatic heterocycles. The lowest BCUT2D eigenvalue weighted by Gasteiger charge is -1.99. The van der Waals surface area contributed by atoms with Gasteiger partial charge in [0.05, 0.1) is 10.5 Å². The third-order valence-corrected chi connectivity index (χ3v) is 4.91. The highest BCUT2D eigenvalue weighted by molar-refractivity contribution is 7.21. The van der Waals surface area contributed by atoms with Gasteiger partial charge in [-0.1, -0.05) is 17.4 Å². The molecule has 0 aliphatic rings. The molecule has 0 saturated carbocycles. The molecule has 0 bridgehead atoms. The zero-order valence-electron chi connectivity index (χ0n) is 10.6. The van der Waals surface area contributed by atoms with Crippen LogP contribution in [0.5, 0.6) is 5.06 Å². The Morgan fingerprint density at radius 2 is 2.14 bits per heavy atom. The maximum Gasteiger partial charge on any atom is 0.270 e. The standard InChI is InChI=1S/C14H9NO4S2/c16-11(7-9-2-1-5-20-9)13-10-6-8(15(18)19)3-4-12(10)21-14(13)17/h1-6,17H,7H2. The number of aromatic hydroxyl groups is 1. The highest BCUT2D eigenvalue weighted by Crippen LogP contribution is 2.39. The SMILES string of the molecule is O=C(Cc1cccs1)c1c(O)sc2ccc([N+](=O)[O-])cc12. The summed E-state index contributed by atoms with van der Waals surface area (Å²) in [6, 6.07) is 7.96. The largest absolute Gasteiger partial charge is 0.499 e. The molecule has 1 aromatic carbocycles. The van der Waals surface area contributed by atoms with Crippen LogP contribution in [0, 0.1) is 10.1 Å². The van der Waals surface area contributed by atoms with Gasteiger partial charge in [0, 0.05) is 33.5 Å². The molecule has 0 atom stereocenters. The van der Waals surface area contributed by atoms with E-state index in [-0.39, 0.29) is 28.5 Å². The predicted octanol–water partition coefficient (Wildman–Crippen LogP) is 4.00. The summed E-state index contributed by atoms with van der Waals surface area (Å²) in [6.45, 7) is 0. The quantitative estimate of drug-likeness (QED) is 0.448. The average Bonchev–Trinajstić information content (AvgIpc) is 3.03. The Morgan fingerprint density at radius 1 is 1.33 bits per heavy atom. The number of Topliss-reactive ketones (excluding diaryl/α,β-unsaturated/α-hetero) is 1. The van der Waals surface area contributed by atoms with Crippen molar-refractivity contribution in [1.82, 2.24) is 0 Å². The summed E-state index contributed by atoms with van der Waals surface area (Å²) >= 11 is 2.52. The Bertz CT molecular complexity index is 836. The van der Waals surface area contributed by atoms with Crippen LogP contribution in [0.15, 0.2) is 35.7 Å². The van der Waals surface area contributed by atoms with Crippen LogP contribution in [0.4, 0.5) is 5.69 Å². The van der Waals surface area contributed by atoms with Crippen LogP contribution >= 0.6 is 22.7 Å². The van der Waals surface area contributed by atoms with Gasteiger partial charge < -0.3 is 5.11 Å². The van der Waals surface area contributed by atoms with Gasteiger partial charge in [-0.05, 0) is 17.5 Å².